The smallest absolute Gasteiger partial charge is 0.194 e. The van der Waals surface area contributed by atoms with E-state index in [1.165, 1.54) is 12.1 Å². The van der Waals surface area contributed by atoms with Gasteiger partial charge in [0.2, 0.25) is 0 Å². The van der Waals surface area contributed by atoms with E-state index in [0.29, 0.717) is 17.7 Å². The standard InChI is InChI=1S/C19H11F5O/c20-15-8-13(9-16(21)19(15)24)25-10-12-6-7-14(18(23)17(12)22)11-4-2-1-3-5-11/h1-9H,10H2. The Morgan fingerprint density at radius 1 is 0.680 bits per heavy atom. The van der Waals surface area contributed by atoms with E-state index < -0.39 is 35.7 Å². The number of halogens is 5. The van der Waals surface area contributed by atoms with Crippen molar-refractivity contribution < 1.29 is 26.7 Å². The molecule has 0 aliphatic heterocycles. The van der Waals surface area contributed by atoms with Gasteiger partial charge < -0.3 is 4.74 Å². The molecular weight excluding hydrogens is 339 g/mol. The molecule has 0 aliphatic carbocycles. The fourth-order valence-corrected chi connectivity index (χ4v) is 2.32. The molecule has 0 bridgehead atoms. The minimum atomic E-state index is -1.63. The molecule has 0 aromatic heterocycles. The van der Waals surface area contributed by atoms with Gasteiger partial charge in [0.1, 0.15) is 12.4 Å². The highest BCUT2D eigenvalue weighted by molar-refractivity contribution is 5.64. The maximum Gasteiger partial charge on any atom is 0.194 e. The van der Waals surface area contributed by atoms with Gasteiger partial charge in [0.05, 0.1) is 0 Å². The van der Waals surface area contributed by atoms with Crippen LogP contribution < -0.4 is 4.74 Å². The summed E-state index contributed by atoms with van der Waals surface area (Å²) in [5.74, 6) is -6.99. The molecule has 0 radical (unpaired) electrons. The Kier molecular flexibility index (Phi) is 4.70. The zero-order valence-corrected chi connectivity index (χ0v) is 12.7. The normalized spacial score (nSPS) is 10.8. The van der Waals surface area contributed by atoms with Gasteiger partial charge in [0.15, 0.2) is 29.1 Å². The molecule has 0 aliphatic rings. The summed E-state index contributed by atoms with van der Waals surface area (Å²) in [5.41, 5.74) is 0.456. The monoisotopic (exact) mass is 350 g/mol. The van der Waals surface area contributed by atoms with Crippen LogP contribution >= 0.6 is 0 Å². The molecule has 0 heterocycles. The summed E-state index contributed by atoms with van der Waals surface area (Å²) < 4.78 is 72.6. The molecular formula is C19H11F5O. The van der Waals surface area contributed by atoms with E-state index in [-0.39, 0.29) is 16.9 Å². The molecule has 3 rings (SSSR count). The third-order valence-corrected chi connectivity index (χ3v) is 3.60. The van der Waals surface area contributed by atoms with Gasteiger partial charge in [-0.3, -0.25) is 0 Å². The predicted molar refractivity (Wildman–Crippen MR) is 82.4 cm³/mol. The fourth-order valence-electron chi connectivity index (χ4n) is 2.32. The summed E-state index contributed by atoms with van der Waals surface area (Å²) >= 11 is 0. The van der Waals surface area contributed by atoms with Crippen LogP contribution in [0.2, 0.25) is 0 Å². The predicted octanol–water partition coefficient (Wildman–Crippen LogP) is 5.63. The van der Waals surface area contributed by atoms with Crippen molar-refractivity contribution in [2.24, 2.45) is 0 Å². The van der Waals surface area contributed by atoms with E-state index in [4.69, 9.17) is 4.74 Å². The maximum atomic E-state index is 14.3. The van der Waals surface area contributed by atoms with Crippen LogP contribution in [0.4, 0.5) is 22.0 Å². The molecule has 0 saturated carbocycles. The molecule has 0 amide bonds. The van der Waals surface area contributed by atoms with Gasteiger partial charge in [-0.25, -0.2) is 22.0 Å². The van der Waals surface area contributed by atoms with Gasteiger partial charge in [-0.15, -0.1) is 0 Å². The molecule has 3 aromatic rings. The van der Waals surface area contributed by atoms with Crippen LogP contribution in [-0.2, 0) is 6.61 Å². The van der Waals surface area contributed by atoms with Gasteiger partial charge in [-0.1, -0.05) is 42.5 Å². The Labute approximate surface area is 140 Å². The van der Waals surface area contributed by atoms with Crippen molar-refractivity contribution >= 4 is 0 Å². The second-order valence-corrected chi connectivity index (χ2v) is 5.26. The van der Waals surface area contributed by atoms with Crippen LogP contribution in [0, 0.1) is 29.1 Å². The van der Waals surface area contributed by atoms with E-state index in [2.05, 4.69) is 0 Å². The number of benzene rings is 3. The van der Waals surface area contributed by atoms with Crippen LogP contribution in [0.3, 0.4) is 0 Å². The van der Waals surface area contributed by atoms with Crippen LogP contribution in [0.5, 0.6) is 5.75 Å². The second-order valence-electron chi connectivity index (χ2n) is 5.26. The first-order valence-corrected chi connectivity index (χ1v) is 7.27. The first-order chi connectivity index (χ1) is 12.0. The van der Waals surface area contributed by atoms with Crippen molar-refractivity contribution in [2.45, 2.75) is 6.61 Å². The Bertz CT molecular complexity index is 886. The first kappa shape index (κ1) is 17.0. The van der Waals surface area contributed by atoms with E-state index in [0.717, 1.165) is 0 Å². The summed E-state index contributed by atoms with van der Waals surface area (Å²) in [5, 5.41) is 0. The van der Waals surface area contributed by atoms with Crippen LogP contribution in [0.1, 0.15) is 5.56 Å². The lowest BCUT2D eigenvalue weighted by Crippen LogP contribution is -2.03. The minimum absolute atomic E-state index is 0.0840. The van der Waals surface area contributed by atoms with Crippen molar-refractivity contribution in [3.05, 3.63) is 89.2 Å². The average Bonchev–Trinajstić information content (AvgIpc) is 2.61. The quantitative estimate of drug-likeness (QED) is 0.438. The SMILES string of the molecule is Fc1cc(OCc2ccc(-c3ccccc3)c(F)c2F)cc(F)c1F. The summed E-state index contributed by atoms with van der Waals surface area (Å²) in [6.45, 7) is -0.470. The molecule has 1 nitrogen and oxygen atoms in total. The topological polar surface area (TPSA) is 9.23 Å². The van der Waals surface area contributed by atoms with E-state index in [9.17, 15) is 22.0 Å². The zero-order valence-electron chi connectivity index (χ0n) is 12.7. The average molecular weight is 350 g/mol. The maximum absolute atomic E-state index is 14.3. The summed E-state index contributed by atoms with van der Waals surface area (Å²) in [4.78, 5) is 0. The Hall–Kier alpha value is -2.89. The first-order valence-electron chi connectivity index (χ1n) is 7.27. The highest BCUT2D eigenvalue weighted by Crippen LogP contribution is 2.27. The number of hydrogen-bond donors (Lipinski definition) is 0. The van der Waals surface area contributed by atoms with Crippen molar-refractivity contribution in [1.29, 1.82) is 0 Å². The third-order valence-electron chi connectivity index (χ3n) is 3.60. The zero-order chi connectivity index (χ0) is 18.0. The molecule has 128 valence electrons. The van der Waals surface area contributed by atoms with Crippen LogP contribution in [-0.4, -0.2) is 0 Å². The summed E-state index contributed by atoms with van der Waals surface area (Å²) in [6.07, 6.45) is 0. The minimum Gasteiger partial charge on any atom is -0.489 e. The summed E-state index contributed by atoms with van der Waals surface area (Å²) in [6, 6.07) is 12.4. The molecule has 0 saturated heterocycles. The van der Waals surface area contributed by atoms with Crippen LogP contribution in [0.25, 0.3) is 11.1 Å². The molecule has 0 atom stereocenters. The molecule has 3 aromatic carbocycles. The van der Waals surface area contributed by atoms with Gasteiger partial charge in [-0.05, 0) is 5.56 Å². The molecule has 0 spiro atoms. The van der Waals surface area contributed by atoms with E-state index in [1.54, 1.807) is 30.3 Å². The van der Waals surface area contributed by atoms with E-state index in [1.807, 2.05) is 0 Å². The highest BCUT2D eigenvalue weighted by Gasteiger charge is 2.16. The van der Waals surface area contributed by atoms with Crippen molar-refractivity contribution in [2.75, 3.05) is 0 Å². The van der Waals surface area contributed by atoms with Gasteiger partial charge in [0.25, 0.3) is 0 Å². The van der Waals surface area contributed by atoms with Crippen molar-refractivity contribution in [3.63, 3.8) is 0 Å². The fraction of sp³-hybridized carbons (Fsp3) is 0.0526. The third kappa shape index (κ3) is 3.47. The molecule has 6 heteroatoms. The lowest BCUT2D eigenvalue weighted by molar-refractivity contribution is 0.291. The van der Waals surface area contributed by atoms with Gasteiger partial charge in [0, 0.05) is 23.3 Å². The molecule has 0 unspecified atom stereocenters. The summed E-state index contributed by atoms with van der Waals surface area (Å²) in [7, 11) is 0. The molecule has 25 heavy (non-hydrogen) atoms. The number of rotatable bonds is 4. The Morgan fingerprint density at radius 3 is 1.96 bits per heavy atom. The van der Waals surface area contributed by atoms with Crippen molar-refractivity contribution in [1.82, 2.24) is 0 Å². The van der Waals surface area contributed by atoms with E-state index >= 15 is 0 Å². The Balaban J connectivity index is 1.84. The number of hydrogen-bond acceptors (Lipinski definition) is 1. The second kappa shape index (κ2) is 6.93. The lowest BCUT2D eigenvalue weighted by Gasteiger charge is -2.11. The lowest BCUT2D eigenvalue weighted by atomic mass is 10.0. The molecule has 0 fully saturated rings. The van der Waals surface area contributed by atoms with Crippen molar-refractivity contribution in [3.8, 4) is 16.9 Å². The van der Waals surface area contributed by atoms with Crippen LogP contribution in [0.15, 0.2) is 54.6 Å². The molecule has 0 N–H and O–H groups in total. The highest BCUT2D eigenvalue weighted by atomic mass is 19.2. The largest absolute Gasteiger partial charge is 0.489 e. The van der Waals surface area contributed by atoms with Gasteiger partial charge in [-0.2, -0.15) is 0 Å². The van der Waals surface area contributed by atoms with Gasteiger partial charge >= 0.3 is 0 Å². The number of ether oxygens (including phenoxy) is 1. The Morgan fingerprint density at radius 2 is 1.32 bits per heavy atom.